The number of amides is 1. The van der Waals surface area contributed by atoms with Crippen LogP contribution in [-0.4, -0.2) is 10.8 Å². The molecule has 0 aliphatic carbocycles. The average molecular weight is 328 g/mol. The summed E-state index contributed by atoms with van der Waals surface area (Å²) >= 11 is 5.72. The topological polar surface area (TPSA) is 96.0 Å². The molecule has 0 bridgehead atoms. The van der Waals surface area contributed by atoms with Crippen LogP contribution in [-0.2, 0) is 4.79 Å². The van der Waals surface area contributed by atoms with Gasteiger partial charge in [-0.05, 0) is 29.8 Å². The molecule has 2 aromatic rings. The van der Waals surface area contributed by atoms with E-state index in [0.717, 1.165) is 0 Å². The minimum Gasteiger partial charge on any atom is -0.321 e. The molecule has 1 N–H and O–H groups in total. The standard InChI is InChI=1S/C16H10ClN3O3/c17-14-7-6-11(9-15(14)20(22)23)8-12(10-18)16(21)19-13-4-2-1-3-5-13/h1-9H,(H,19,21)/b12-8-. The molecular formula is C16H10ClN3O3. The zero-order chi connectivity index (χ0) is 16.8. The molecule has 23 heavy (non-hydrogen) atoms. The highest BCUT2D eigenvalue weighted by Gasteiger charge is 2.14. The Labute approximate surface area is 136 Å². The molecule has 2 rings (SSSR count). The number of nitrogens with zero attached hydrogens (tertiary/aromatic N) is 2. The van der Waals surface area contributed by atoms with E-state index in [9.17, 15) is 14.9 Å². The summed E-state index contributed by atoms with van der Waals surface area (Å²) in [7, 11) is 0. The van der Waals surface area contributed by atoms with Crippen LogP contribution in [0.15, 0.2) is 54.1 Å². The molecule has 0 radical (unpaired) electrons. The molecule has 0 aliphatic rings. The van der Waals surface area contributed by atoms with Gasteiger partial charge in [0.2, 0.25) is 0 Å². The highest BCUT2D eigenvalue weighted by molar-refractivity contribution is 6.32. The van der Waals surface area contributed by atoms with Gasteiger partial charge in [0.05, 0.1) is 4.92 Å². The van der Waals surface area contributed by atoms with Crippen LogP contribution in [0.4, 0.5) is 11.4 Å². The number of hydrogen-bond donors (Lipinski definition) is 1. The number of carbonyl (C=O) groups excluding carboxylic acids is 1. The lowest BCUT2D eigenvalue weighted by Crippen LogP contribution is -2.13. The number of nitriles is 1. The first-order chi connectivity index (χ1) is 11.0. The maximum Gasteiger partial charge on any atom is 0.288 e. The van der Waals surface area contributed by atoms with Gasteiger partial charge in [-0.3, -0.25) is 14.9 Å². The number of rotatable bonds is 4. The summed E-state index contributed by atoms with van der Waals surface area (Å²) in [5, 5.41) is 22.5. The maximum atomic E-state index is 12.1. The fourth-order valence-corrected chi connectivity index (χ4v) is 1.98. The molecule has 7 heteroatoms. The maximum absolute atomic E-state index is 12.1. The lowest BCUT2D eigenvalue weighted by Gasteiger charge is -2.04. The van der Waals surface area contributed by atoms with E-state index in [-0.39, 0.29) is 16.3 Å². The number of nitro groups is 1. The molecule has 1 amide bonds. The predicted molar refractivity (Wildman–Crippen MR) is 86.8 cm³/mol. The SMILES string of the molecule is N#C/C(=C/c1ccc(Cl)c([N+](=O)[O-])c1)C(=O)Nc1ccccc1. The highest BCUT2D eigenvalue weighted by Crippen LogP contribution is 2.26. The van der Waals surface area contributed by atoms with Crippen molar-refractivity contribution in [3.05, 3.63) is 74.8 Å². The Kier molecular flexibility index (Phi) is 5.07. The van der Waals surface area contributed by atoms with E-state index in [1.54, 1.807) is 36.4 Å². The highest BCUT2D eigenvalue weighted by atomic mass is 35.5. The molecule has 0 atom stereocenters. The van der Waals surface area contributed by atoms with Crippen molar-refractivity contribution in [2.24, 2.45) is 0 Å². The van der Waals surface area contributed by atoms with Gasteiger partial charge in [-0.25, -0.2) is 0 Å². The summed E-state index contributed by atoms with van der Waals surface area (Å²) in [5.41, 5.74) is 0.410. The molecule has 0 heterocycles. The average Bonchev–Trinajstić information content (AvgIpc) is 2.54. The van der Waals surface area contributed by atoms with Crippen LogP contribution >= 0.6 is 11.6 Å². The fourth-order valence-electron chi connectivity index (χ4n) is 1.79. The van der Waals surface area contributed by atoms with Crippen molar-refractivity contribution in [1.82, 2.24) is 0 Å². The van der Waals surface area contributed by atoms with Gasteiger partial charge < -0.3 is 5.32 Å². The Morgan fingerprint density at radius 2 is 1.96 bits per heavy atom. The first-order valence-electron chi connectivity index (χ1n) is 6.43. The number of benzene rings is 2. The second kappa shape index (κ2) is 7.20. The number of nitro benzene ring substituents is 1. The summed E-state index contributed by atoms with van der Waals surface area (Å²) in [6, 6.07) is 14.5. The molecule has 0 aliphatic heterocycles. The van der Waals surface area contributed by atoms with Crippen LogP contribution in [0.3, 0.4) is 0 Å². The molecule has 0 spiro atoms. The van der Waals surface area contributed by atoms with Crippen molar-refractivity contribution in [2.45, 2.75) is 0 Å². The van der Waals surface area contributed by atoms with Crippen molar-refractivity contribution in [2.75, 3.05) is 5.32 Å². The van der Waals surface area contributed by atoms with Crippen LogP contribution < -0.4 is 5.32 Å². The first-order valence-corrected chi connectivity index (χ1v) is 6.81. The van der Waals surface area contributed by atoms with Gasteiger partial charge in [-0.15, -0.1) is 0 Å². The smallest absolute Gasteiger partial charge is 0.288 e. The van der Waals surface area contributed by atoms with Crippen molar-refractivity contribution in [1.29, 1.82) is 5.26 Å². The predicted octanol–water partition coefficient (Wildman–Crippen LogP) is 3.79. The van der Waals surface area contributed by atoms with Gasteiger partial charge in [0, 0.05) is 11.8 Å². The second-order valence-corrected chi connectivity index (χ2v) is 4.87. The Bertz CT molecular complexity index is 826. The Morgan fingerprint density at radius 3 is 2.57 bits per heavy atom. The molecule has 0 saturated carbocycles. The third-order valence-corrected chi connectivity index (χ3v) is 3.19. The van der Waals surface area contributed by atoms with Crippen molar-refractivity contribution in [3.8, 4) is 6.07 Å². The molecule has 0 aromatic heterocycles. The molecule has 0 saturated heterocycles. The van der Waals surface area contributed by atoms with E-state index in [1.807, 2.05) is 0 Å². The van der Waals surface area contributed by atoms with Crippen LogP contribution in [0.5, 0.6) is 0 Å². The van der Waals surface area contributed by atoms with Crippen LogP contribution in [0.25, 0.3) is 6.08 Å². The summed E-state index contributed by atoms with van der Waals surface area (Å²) in [5.74, 6) is -0.601. The van der Waals surface area contributed by atoms with Gasteiger partial charge in [-0.2, -0.15) is 5.26 Å². The zero-order valence-electron chi connectivity index (χ0n) is 11.7. The van der Waals surface area contributed by atoms with Gasteiger partial charge >= 0.3 is 0 Å². The van der Waals surface area contributed by atoms with E-state index >= 15 is 0 Å². The molecule has 2 aromatic carbocycles. The normalized spacial score (nSPS) is 10.7. The first kappa shape index (κ1) is 16.2. The Balaban J connectivity index is 2.28. The van der Waals surface area contributed by atoms with Crippen LogP contribution in [0.2, 0.25) is 5.02 Å². The largest absolute Gasteiger partial charge is 0.321 e. The third-order valence-electron chi connectivity index (χ3n) is 2.87. The molecule has 6 nitrogen and oxygen atoms in total. The lowest BCUT2D eigenvalue weighted by atomic mass is 10.1. The number of anilines is 1. The van der Waals surface area contributed by atoms with E-state index in [2.05, 4.69) is 5.32 Å². The minimum absolute atomic E-state index is 0.0144. The summed E-state index contributed by atoms with van der Waals surface area (Å²) < 4.78 is 0. The molecule has 114 valence electrons. The number of para-hydroxylation sites is 1. The second-order valence-electron chi connectivity index (χ2n) is 4.46. The van der Waals surface area contributed by atoms with Gasteiger partial charge in [0.15, 0.2) is 0 Å². The van der Waals surface area contributed by atoms with E-state index in [4.69, 9.17) is 16.9 Å². The van der Waals surface area contributed by atoms with E-state index in [1.165, 1.54) is 24.3 Å². The minimum atomic E-state index is -0.629. The van der Waals surface area contributed by atoms with Crippen molar-refractivity contribution >= 4 is 35.0 Å². The molecule has 0 fully saturated rings. The summed E-state index contributed by atoms with van der Waals surface area (Å²) in [4.78, 5) is 22.3. The Hall–Kier alpha value is -3.17. The molecule has 0 unspecified atom stereocenters. The quantitative estimate of drug-likeness (QED) is 0.400. The zero-order valence-corrected chi connectivity index (χ0v) is 12.4. The number of hydrogen-bond acceptors (Lipinski definition) is 4. The lowest BCUT2D eigenvalue weighted by molar-refractivity contribution is -0.384. The van der Waals surface area contributed by atoms with Crippen molar-refractivity contribution in [3.63, 3.8) is 0 Å². The van der Waals surface area contributed by atoms with Gasteiger partial charge in [0.25, 0.3) is 11.6 Å². The number of nitrogens with one attached hydrogen (secondary N) is 1. The summed E-state index contributed by atoms with van der Waals surface area (Å²) in [6.45, 7) is 0. The van der Waals surface area contributed by atoms with Crippen LogP contribution in [0.1, 0.15) is 5.56 Å². The van der Waals surface area contributed by atoms with E-state index < -0.39 is 10.8 Å². The van der Waals surface area contributed by atoms with E-state index in [0.29, 0.717) is 11.3 Å². The fraction of sp³-hybridized carbons (Fsp3) is 0. The Morgan fingerprint density at radius 1 is 1.26 bits per heavy atom. The number of carbonyl (C=O) groups is 1. The third kappa shape index (κ3) is 4.15. The van der Waals surface area contributed by atoms with Gasteiger partial charge in [0.1, 0.15) is 16.7 Å². The summed E-state index contributed by atoms with van der Waals surface area (Å²) in [6.07, 6.45) is 1.27. The van der Waals surface area contributed by atoms with Crippen molar-refractivity contribution < 1.29 is 9.72 Å². The van der Waals surface area contributed by atoms with Crippen LogP contribution in [0, 0.1) is 21.4 Å². The monoisotopic (exact) mass is 327 g/mol. The molecular weight excluding hydrogens is 318 g/mol. The number of halogens is 1. The van der Waals surface area contributed by atoms with Gasteiger partial charge in [-0.1, -0.05) is 35.9 Å².